The maximum Gasteiger partial charge on any atom is 0.168 e. The third-order valence-electron chi connectivity index (χ3n) is 3.99. The van der Waals surface area contributed by atoms with E-state index in [1.807, 2.05) is 18.2 Å². The molecule has 0 aliphatic rings. The molecule has 0 aliphatic heterocycles. The fourth-order valence-electron chi connectivity index (χ4n) is 2.77. The fourth-order valence-corrected chi connectivity index (χ4v) is 2.77. The minimum atomic E-state index is 0.407. The summed E-state index contributed by atoms with van der Waals surface area (Å²) in [7, 11) is 3.34. The Bertz CT molecular complexity index is 613. The topological polar surface area (TPSA) is 56.5 Å². The molecule has 3 N–H and O–H groups in total. The summed E-state index contributed by atoms with van der Waals surface area (Å²) in [5.41, 5.74) is 6.72. The van der Waals surface area contributed by atoms with E-state index in [2.05, 4.69) is 24.4 Å². The number of methoxy groups -OCH3 is 2. The average Bonchev–Trinajstić information content (AvgIpc) is 2.57. The Hall–Kier alpha value is -1.94. The molecule has 22 heavy (non-hydrogen) atoms. The Balaban J connectivity index is 2.44. The predicted molar refractivity (Wildman–Crippen MR) is 93.0 cm³/mol. The lowest BCUT2D eigenvalue weighted by atomic mass is 10.0. The number of nitrogens with one attached hydrogen (secondary N) is 1. The molecule has 0 saturated carbocycles. The Morgan fingerprint density at radius 1 is 1.14 bits per heavy atom. The number of benzene rings is 2. The van der Waals surface area contributed by atoms with E-state index in [0.29, 0.717) is 6.04 Å². The second-order valence-corrected chi connectivity index (χ2v) is 5.39. The second-order valence-electron chi connectivity index (χ2n) is 5.39. The number of nitrogens with two attached hydrogens (primary N) is 1. The highest BCUT2D eigenvalue weighted by atomic mass is 16.5. The van der Waals surface area contributed by atoms with Crippen LogP contribution < -0.4 is 20.5 Å². The molecular weight excluding hydrogens is 276 g/mol. The van der Waals surface area contributed by atoms with Crippen LogP contribution in [-0.4, -0.2) is 26.8 Å². The molecule has 0 bridgehead atoms. The molecule has 0 saturated heterocycles. The van der Waals surface area contributed by atoms with Gasteiger partial charge in [0.2, 0.25) is 0 Å². The molecule has 0 aromatic heterocycles. The summed E-state index contributed by atoms with van der Waals surface area (Å²) in [6.07, 6.45) is 3.15. The molecule has 0 fully saturated rings. The van der Waals surface area contributed by atoms with Crippen LogP contribution >= 0.6 is 0 Å². The largest absolute Gasteiger partial charge is 0.493 e. The van der Waals surface area contributed by atoms with E-state index in [0.717, 1.165) is 53.8 Å². The minimum absolute atomic E-state index is 0.407. The average molecular weight is 302 g/mol. The lowest BCUT2D eigenvalue weighted by molar-refractivity contribution is 0.358. The molecule has 4 nitrogen and oxygen atoms in total. The molecular formula is C18H26N2O2. The van der Waals surface area contributed by atoms with Crippen molar-refractivity contribution in [1.82, 2.24) is 0 Å². The van der Waals surface area contributed by atoms with Gasteiger partial charge in [-0.3, -0.25) is 0 Å². The van der Waals surface area contributed by atoms with Gasteiger partial charge < -0.3 is 20.5 Å². The highest BCUT2D eigenvalue weighted by Gasteiger charge is 2.15. The highest BCUT2D eigenvalue weighted by Crippen LogP contribution is 2.40. The van der Waals surface area contributed by atoms with Crippen LogP contribution in [0.5, 0.6) is 11.5 Å². The molecule has 2 rings (SSSR count). The maximum absolute atomic E-state index is 5.63. The van der Waals surface area contributed by atoms with Crippen molar-refractivity contribution in [1.29, 1.82) is 0 Å². The first-order valence-electron chi connectivity index (χ1n) is 7.85. The molecule has 0 aliphatic carbocycles. The van der Waals surface area contributed by atoms with E-state index >= 15 is 0 Å². The van der Waals surface area contributed by atoms with Gasteiger partial charge in [0.15, 0.2) is 11.5 Å². The Morgan fingerprint density at radius 2 is 1.86 bits per heavy atom. The van der Waals surface area contributed by atoms with Crippen molar-refractivity contribution in [2.75, 3.05) is 26.1 Å². The van der Waals surface area contributed by atoms with Crippen LogP contribution in [0.1, 0.15) is 26.2 Å². The highest BCUT2D eigenvalue weighted by molar-refractivity contribution is 6.00. The van der Waals surface area contributed by atoms with Crippen LogP contribution in [0.15, 0.2) is 30.3 Å². The van der Waals surface area contributed by atoms with Crippen LogP contribution in [0, 0.1) is 0 Å². The molecule has 4 heteroatoms. The van der Waals surface area contributed by atoms with Gasteiger partial charge in [-0.1, -0.05) is 31.2 Å². The SMILES string of the molecule is CC[C@H](CCCN)Nc1cc(OC)c(OC)c2ccccc12. The quantitative estimate of drug-likeness (QED) is 0.779. The van der Waals surface area contributed by atoms with E-state index in [1.165, 1.54) is 0 Å². The van der Waals surface area contributed by atoms with Crippen LogP contribution in [0.2, 0.25) is 0 Å². The summed E-state index contributed by atoms with van der Waals surface area (Å²) in [5.74, 6) is 1.52. The zero-order valence-corrected chi connectivity index (χ0v) is 13.7. The summed E-state index contributed by atoms with van der Waals surface area (Å²) in [4.78, 5) is 0. The molecule has 0 amide bonds. The monoisotopic (exact) mass is 302 g/mol. The lowest BCUT2D eigenvalue weighted by Gasteiger charge is -2.21. The second kappa shape index (κ2) is 7.90. The van der Waals surface area contributed by atoms with Gasteiger partial charge in [-0.2, -0.15) is 0 Å². The van der Waals surface area contributed by atoms with Crippen molar-refractivity contribution in [3.8, 4) is 11.5 Å². The van der Waals surface area contributed by atoms with Crippen molar-refractivity contribution in [2.24, 2.45) is 5.73 Å². The van der Waals surface area contributed by atoms with Crippen molar-refractivity contribution in [3.63, 3.8) is 0 Å². The molecule has 1 atom stereocenters. The molecule has 0 unspecified atom stereocenters. The van der Waals surface area contributed by atoms with Gasteiger partial charge >= 0.3 is 0 Å². The van der Waals surface area contributed by atoms with E-state index in [9.17, 15) is 0 Å². The van der Waals surface area contributed by atoms with Crippen molar-refractivity contribution in [2.45, 2.75) is 32.2 Å². The number of anilines is 1. The van der Waals surface area contributed by atoms with Gasteiger partial charge in [-0.25, -0.2) is 0 Å². The fraction of sp³-hybridized carbons (Fsp3) is 0.444. The standard InChI is InChI=1S/C18H26N2O2/c1-4-13(8-7-11-19)20-16-12-17(21-2)18(22-3)15-10-6-5-9-14(15)16/h5-6,9-10,12-13,20H,4,7-8,11,19H2,1-3H3/t13-/m1/s1. The van der Waals surface area contributed by atoms with Crippen LogP contribution in [0.4, 0.5) is 5.69 Å². The first kappa shape index (κ1) is 16.4. The van der Waals surface area contributed by atoms with Crippen molar-refractivity contribution in [3.05, 3.63) is 30.3 Å². The minimum Gasteiger partial charge on any atom is -0.493 e. The molecule has 0 heterocycles. The number of ether oxygens (including phenoxy) is 2. The van der Waals surface area contributed by atoms with E-state index in [4.69, 9.17) is 15.2 Å². The summed E-state index contributed by atoms with van der Waals surface area (Å²) in [6.45, 7) is 2.92. The normalized spacial score (nSPS) is 12.2. The molecule has 2 aromatic carbocycles. The van der Waals surface area contributed by atoms with Crippen LogP contribution in [0.25, 0.3) is 10.8 Å². The number of fused-ring (bicyclic) bond motifs is 1. The van der Waals surface area contributed by atoms with Gasteiger partial charge in [-0.05, 0) is 25.8 Å². The predicted octanol–water partition coefficient (Wildman–Crippen LogP) is 3.79. The Morgan fingerprint density at radius 3 is 2.45 bits per heavy atom. The number of hydrogen-bond acceptors (Lipinski definition) is 4. The first-order valence-corrected chi connectivity index (χ1v) is 7.85. The smallest absolute Gasteiger partial charge is 0.168 e. The maximum atomic E-state index is 5.63. The Labute approximate surface area is 132 Å². The van der Waals surface area contributed by atoms with Gasteiger partial charge in [0, 0.05) is 28.6 Å². The van der Waals surface area contributed by atoms with E-state index in [-0.39, 0.29) is 0 Å². The van der Waals surface area contributed by atoms with Gasteiger partial charge in [0.1, 0.15) is 0 Å². The zero-order valence-electron chi connectivity index (χ0n) is 13.7. The first-order chi connectivity index (χ1) is 10.7. The summed E-state index contributed by atoms with van der Waals surface area (Å²) < 4.78 is 11.0. The zero-order chi connectivity index (χ0) is 15.9. The third-order valence-corrected chi connectivity index (χ3v) is 3.99. The van der Waals surface area contributed by atoms with Gasteiger partial charge in [0.25, 0.3) is 0 Å². The van der Waals surface area contributed by atoms with E-state index < -0.39 is 0 Å². The Kier molecular flexibility index (Phi) is 5.90. The van der Waals surface area contributed by atoms with E-state index in [1.54, 1.807) is 14.2 Å². The summed E-state index contributed by atoms with van der Waals surface area (Å²) in [6, 6.07) is 10.6. The summed E-state index contributed by atoms with van der Waals surface area (Å²) in [5, 5.41) is 5.84. The molecule has 0 spiro atoms. The molecule has 0 radical (unpaired) electrons. The van der Waals surface area contributed by atoms with Gasteiger partial charge in [-0.15, -0.1) is 0 Å². The van der Waals surface area contributed by atoms with Crippen molar-refractivity contribution >= 4 is 16.5 Å². The third kappa shape index (κ3) is 3.45. The number of rotatable bonds is 8. The van der Waals surface area contributed by atoms with Crippen LogP contribution in [0.3, 0.4) is 0 Å². The molecule has 2 aromatic rings. The molecule has 120 valence electrons. The number of hydrogen-bond donors (Lipinski definition) is 2. The van der Waals surface area contributed by atoms with Crippen molar-refractivity contribution < 1.29 is 9.47 Å². The lowest BCUT2D eigenvalue weighted by Crippen LogP contribution is -2.20. The van der Waals surface area contributed by atoms with Gasteiger partial charge in [0.05, 0.1) is 14.2 Å². The summed E-state index contributed by atoms with van der Waals surface area (Å²) >= 11 is 0. The van der Waals surface area contributed by atoms with Crippen LogP contribution in [-0.2, 0) is 0 Å².